The van der Waals surface area contributed by atoms with Crippen LogP contribution in [0.25, 0.3) is 0 Å². The molecule has 116 valence electrons. The summed E-state index contributed by atoms with van der Waals surface area (Å²) in [6, 6.07) is 0. The summed E-state index contributed by atoms with van der Waals surface area (Å²) in [5, 5.41) is 9.53. The van der Waals surface area contributed by atoms with E-state index in [9.17, 15) is 9.90 Å². The minimum Gasteiger partial charge on any atom is -0.450 e. The topological polar surface area (TPSA) is 55.8 Å². The molecule has 3 atom stereocenters. The summed E-state index contributed by atoms with van der Waals surface area (Å²) in [7, 11) is 0. The van der Waals surface area contributed by atoms with E-state index in [-0.39, 0.29) is 23.1 Å². The molecular weight excluding hydrogens is 276 g/mol. The summed E-state index contributed by atoms with van der Waals surface area (Å²) in [5.41, 5.74) is -0.245. The van der Waals surface area contributed by atoms with Gasteiger partial charge in [-0.2, -0.15) is 0 Å². The summed E-state index contributed by atoms with van der Waals surface area (Å²) in [6.45, 7) is 7.93. The Morgan fingerprint density at radius 1 is 1.35 bits per heavy atom. The van der Waals surface area contributed by atoms with E-state index in [0.717, 1.165) is 18.2 Å². The second-order valence-electron chi connectivity index (χ2n) is 5.96. The van der Waals surface area contributed by atoms with Gasteiger partial charge < -0.3 is 14.6 Å². The van der Waals surface area contributed by atoms with Crippen LogP contribution in [0.15, 0.2) is 12.2 Å². The highest BCUT2D eigenvalue weighted by Crippen LogP contribution is 2.24. The summed E-state index contributed by atoms with van der Waals surface area (Å²) in [6.07, 6.45) is 4.71. The average Bonchev–Trinajstić information content (AvgIpc) is 2.29. The number of aliphatic hydroxyl groups excluding tert-OH is 1. The summed E-state index contributed by atoms with van der Waals surface area (Å²) in [4.78, 5) is 11.6. The molecule has 0 aliphatic heterocycles. The number of carbonyl (C=O) groups excluding carboxylic acids is 1. The Bertz CT molecular complexity index is 335. The highest BCUT2D eigenvalue weighted by molar-refractivity contribution is 8.13. The van der Waals surface area contributed by atoms with Gasteiger partial charge in [0.1, 0.15) is 6.10 Å². The van der Waals surface area contributed by atoms with Gasteiger partial charge in [0.2, 0.25) is 0 Å². The van der Waals surface area contributed by atoms with Crippen molar-refractivity contribution in [3.63, 3.8) is 0 Å². The lowest BCUT2D eigenvalue weighted by Gasteiger charge is -2.31. The van der Waals surface area contributed by atoms with Crippen molar-refractivity contribution in [2.75, 3.05) is 5.75 Å². The van der Waals surface area contributed by atoms with Crippen LogP contribution in [0.5, 0.6) is 0 Å². The molecule has 0 fully saturated rings. The molecule has 0 aromatic carbocycles. The Kier molecular flexibility index (Phi) is 7.06. The first kappa shape index (κ1) is 17.5. The lowest BCUT2D eigenvalue weighted by molar-refractivity contribution is -0.0796. The van der Waals surface area contributed by atoms with E-state index in [0.29, 0.717) is 18.6 Å². The minimum absolute atomic E-state index is 0.0148. The van der Waals surface area contributed by atoms with Crippen molar-refractivity contribution in [3.05, 3.63) is 12.2 Å². The molecule has 1 rings (SSSR count). The van der Waals surface area contributed by atoms with Crippen molar-refractivity contribution in [2.24, 2.45) is 0 Å². The van der Waals surface area contributed by atoms with Crippen molar-refractivity contribution < 1.29 is 19.4 Å². The lowest BCUT2D eigenvalue weighted by Crippen LogP contribution is -2.32. The number of rotatable bonds is 3. The van der Waals surface area contributed by atoms with Crippen LogP contribution < -0.4 is 0 Å². The standard InChI is InChI=1S/C15H26O4S/c1-5-20-14(17)18-12-8-6-11(16)7-9-13(10-12)19-15(2,3)4/h6,8,11-13,16H,5,7,9-10H2,1-4H3/b8-6+. The van der Waals surface area contributed by atoms with Gasteiger partial charge in [0.25, 0.3) is 0 Å². The molecule has 20 heavy (non-hydrogen) atoms. The predicted octanol–water partition coefficient (Wildman–Crippen LogP) is 3.53. The van der Waals surface area contributed by atoms with Crippen LogP contribution in [0.1, 0.15) is 47.0 Å². The maximum absolute atomic E-state index is 11.6. The van der Waals surface area contributed by atoms with Gasteiger partial charge >= 0.3 is 5.30 Å². The molecule has 0 saturated heterocycles. The van der Waals surface area contributed by atoms with Gasteiger partial charge in [-0.25, -0.2) is 4.79 Å². The Balaban J connectivity index is 2.67. The zero-order valence-corrected chi connectivity index (χ0v) is 13.6. The Hall–Kier alpha value is -0.520. The van der Waals surface area contributed by atoms with Crippen molar-refractivity contribution in [1.82, 2.24) is 0 Å². The summed E-state index contributed by atoms with van der Waals surface area (Å²) < 4.78 is 11.4. The summed E-state index contributed by atoms with van der Waals surface area (Å²) in [5.74, 6) is 0.694. The lowest BCUT2D eigenvalue weighted by atomic mass is 9.99. The number of hydrogen-bond acceptors (Lipinski definition) is 5. The van der Waals surface area contributed by atoms with E-state index in [2.05, 4.69) is 0 Å². The van der Waals surface area contributed by atoms with Gasteiger partial charge in [0.15, 0.2) is 0 Å². The Morgan fingerprint density at radius 3 is 2.65 bits per heavy atom. The van der Waals surface area contributed by atoms with Crippen molar-refractivity contribution in [3.8, 4) is 0 Å². The molecule has 0 bridgehead atoms. The van der Waals surface area contributed by atoms with Crippen molar-refractivity contribution >= 4 is 17.1 Å². The van der Waals surface area contributed by atoms with Gasteiger partial charge in [-0.1, -0.05) is 13.0 Å². The molecule has 0 heterocycles. The summed E-state index contributed by atoms with van der Waals surface area (Å²) >= 11 is 1.15. The molecule has 0 aromatic rings. The van der Waals surface area contributed by atoms with Gasteiger partial charge in [-0.15, -0.1) is 0 Å². The quantitative estimate of drug-likeness (QED) is 0.638. The molecule has 0 radical (unpaired) electrons. The molecule has 1 N–H and O–H groups in total. The zero-order valence-electron chi connectivity index (χ0n) is 12.8. The molecule has 3 unspecified atom stereocenters. The molecule has 4 nitrogen and oxygen atoms in total. The van der Waals surface area contributed by atoms with E-state index < -0.39 is 6.10 Å². The first-order valence-electron chi connectivity index (χ1n) is 7.17. The molecule has 0 spiro atoms. The average molecular weight is 302 g/mol. The van der Waals surface area contributed by atoms with Crippen molar-refractivity contribution in [2.45, 2.75) is 70.9 Å². The number of ether oxygens (including phenoxy) is 2. The van der Waals surface area contributed by atoms with E-state index >= 15 is 0 Å². The van der Waals surface area contributed by atoms with Crippen LogP contribution in [-0.2, 0) is 9.47 Å². The van der Waals surface area contributed by atoms with Crippen LogP contribution in [-0.4, -0.2) is 40.1 Å². The zero-order chi connectivity index (χ0) is 15.2. The van der Waals surface area contributed by atoms with Crippen molar-refractivity contribution in [1.29, 1.82) is 0 Å². The maximum Gasteiger partial charge on any atom is 0.367 e. The first-order chi connectivity index (χ1) is 9.30. The van der Waals surface area contributed by atoms with Crippen LogP contribution in [0, 0.1) is 0 Å². The number of thioether (sulfide) groups is 1. The molecular formula is C15H26O4S. The highest BCUT2D eigenvalue weighted by Gasteiger charge is 2.25. The molecule has 1 aliphatic rings. The first-order valence-corrected chi connectivity index (χ1v) is 8.16. The molecule has 0 amide bonds. The van der Waals surface area contributed by atoms with Crippen LogP contribution in [0.3, 0.4) is 0 Å². The Labute approximate surface area is 125 Å². The SMILES string of the molecule is CCSC(=O)OC1/C=C/C(O)CCC(OC(C)(C)C)C1. The third-order valence-corrected chi connectivity index (χ3v) is 3.48. The number of carbonyl (C=O) groups is 1. The third-order valence-electron chi connectivity index (χ3n) is 2.86. The normalized spacial score (nSPS) is 29.4. The third kappa shape index (κ3) is 7.31. The molecule has 5 heteroatoms. The van der Waals surface area contributed by atoms with Gasteiger partial charge in [-0.05, 0) is 51.5 Å². The maximum atomic E-state index is 11.6. The van der Waals surface area contributed by atoms with Gasteiger partial charge in [0.05, 0.1) is 17.8 Å². The van der Waals surface area contributed by atoms with Crippen LogP contribution >= 0.6 is 11.8 Å². The van der Waals surface area contributed by atoms with Gasteiger partial charge in [-0.3, -0.25) is 0 Å². The fourth-order valence-electron chi connectivity index (χ4n) is 2.13. The number of aliphatic hydroxyl groups is 1. The van der Waals surface area contributed by atoms with E-state index in [4.69, 9.17) is 9.47 Å². The molecule has 1 aliphatic carbocycles. The van der Waals surface area contributed by atoms with Gasteiger partial charge in [0, 0.05) is 12.2 Å². The largest absolute Gasteiger partial charge is 0.450 e. The number of hydrogen-bond donors (Lipinski definition) is 1. The monoisotopic (exact) mass is 302 g/mol. The minimum atomic E-state index is -0.499. The van der Waals surface area contributed by atoms with E-state index in [1.165, 1.54) is 0 Å². The fourth-order valence-corrected chi connectivity index (χ4v) is 2.56. The predicted molar refractivity (Wildman–Crippen MR) is 82.0 cm³/mol. The van der Waals surface area contributed by atoms with E-state index in [1.54, 1.807) is 12.2 Å². The molecule has 0 saturated carbocycles. The van der Waals surface area contributed by atoms with Crippen LogP contribution in [0.4, 0.5) is 4.79 Å². The second kappa shape index (κ2) is 8.05. The smallest absolute Gasteiger partial charge is 0.367 e. The fraction of sp³-hybridized carbons (Fsp3) is 0.800. The second-order valence-corrected chi connectivity index (χ2v) is 7.16. The molecule has 0 aromatic heterocycles. The Morgan fingerprint density at radius 2 is 2.05 bits per heavy atom. The van der Waals surface area contributed by atoms with E-state index in [1.807, 2.05) is 27.7 Å². The van der Waals surface area contributed by atoms with Crippen LogP contribution in [0.2, 0.25) is 0 Å². The highest BCUT2D eigenvalue weighted by atomic mass is 32.2.